The average Bonchev–Trinajstić information content (AvgIpc) is 2.25. The van der Waals surface area contributed by atoms with E-state index in [0.717, 1.165) is 0 Å². The highest BCUT2D eigenvalue weighted by Crippen LogP contribution is 2.23. The molecule has 0 aromatic carbocycles. The molecule has 0 heteroatoms. The molecular formula is C7H14. The molecule has 0 N–H and O–H groups in total. The third-order valence-corrected chi connectivity index (χ3v) is 0.604. The molecular weight excluding hydrogens is 84.1 g/mol. The van der Waals surface area contributed by atoms with Crippen molar-refractivity contribution in [3.63, 3.8) is 0 Å². The first kappa shape index (κ1) is 6.74. The molecule has 0 saturated heterocycles. The van der Waals surface area contributed by atoms with E-state index in [9.17, 15) is 0 Å². The molecule has 0 amide bonds. The molecule has 0 aliphatic heterocycles. The predicted octanol–water partition coefficient (Wildman–Crippen LogP) is 2.75. The van der Waals surface area contributed by atoms with Crippen LogP contribution < -0.4 is 0 Å². The largest absolute Gasteiger partial charge is 0.0998 e. The van der Waals surface area contributed by atoms with Crippen LogP contribution in [0.5, 0.6) is 0 Å². The van der Waals surface area contributed by atoms with Gasteiger partial charge in [0.05, 0.1) is 0 Å². The third kappa shape index (κ3) is 10.7. The minimum atomic E-state index is 1.25. The topological polar surface area (TPSA) is 0 Å². The monoisotopic (exact) mass is 98.1 g/mol. The van der Waals surface area contributed by atoms with E-state index >= 15 is 0 Å². The number of hydrogen-bond donors (Lipinski definition) is 0. The third-order valence-electron chi connectivity index (χ3n) is 0.604. The summed E-state index contributed by atoms with van der Waals surface area (Å²) in [6.07, 6.45) is 3.83. The summed E-state index contributed by atoms with van der Waals surface area (Å²) in [6.45, 7) is 7.92. The van der Waals surface area contributed by atoms with Crippen LogP contribution in [0.4, 0.5) is 0 Å². The van der Waals surface area contributed by atoms with Gasteiger partial charge >= 0.3 is 0 Å². The van der Waals surface area contributed by atoms with Crippen molar-refractivity contribution in [2.24, 2.45) is 0 Å². The van der Waals surface area contributed by atoms with Gasteiger partial charge in [0.15, 0.2) is 0 Å². The zero-order chi connectivity index (χ0) is 5.70. The van der Waals surface area contributed by atoms with E-state index in [4.69, 9.17) is 0 Å². The summed E-state index contributed by atoms with van der Waals surface area (Å²) in [5.74, 6) is 0. The van der Waals surface area contributed by atoms with E-state index in [-0.39, 0.29) is 0 Å². The highest BCUT2D eigenvalue weighted by Gasteiger charge is 2.04. The fourth-order valence-corrected chi connectivity index (χ4v) is 0.0884. The molecule has 7 heavy (non-hydrogen) atoms. The lowest BCUT2D eigenvalue weighted by Gasteiger charge is -1.48. The van der Waals surface area contributed by atoms with Crippen molar-refractivity contribution in [1.29, 1.82) is 0 Å². The van der Waals surface area contributed by atoms with Gasteiger partial charge in [0.25, 0.3) is 0 Å². The van der Waals surface area contributed by atoms with E-state index < -0.39 is 0 Å². The van der Waals surface area contributed by atoms with Gasteiger partial charge in [-0.3, -0.25) is 0 Å². The lowest BCUT2D eigenvalue weighted by molar-refractivity contribution is 1.09. The highest BCUT2D eigenvalue weighted by atomic mass is 14.1. The number of allylic oxidation sites excluding steroid dienone is 1. The second kappa shape index (κ2) is 3.91. The van der Waals surface area contributed by atoms with Gasteiger partial charge in [0.1, 0.15) is 0 Å². The molecule has 0 unspecified atom stereocenters. The van der Waals surface area contributed by atoms with Crippen LogP contribution in [-0.2, 0) is 0 Å². The van der Waals surface area contributed by atoms with Gasteiger partial charge in [-0.1, -0.05) is 32.4 Å². The Kier molecular flexibility index (Phi) is 3.77. The second-order valence-electron chi connectivity index (χ2n) is 1.96. The summed E-state index contributed by atoms with van der Waals surface area (Å²) < 4.78 is 0. The molecule has 1 aliphatic rings. The average molecular weight is 98.2 g/mol. The van der Waals surface area contributed by atoms with Crippen molar-refractivity contribution in [2.75, 3.05) is 0 Å². The van der Waals surface area contributed by atoms with E-state index in [1.165, 1.54) is 24.8 Å². The van der Waals surface area contributed by atoms with E-state index in [1.54, 1.807) is 0 Å². The van der Waals surface area contributed by atoms with Crippen molar-refractivity contribution in [3.8, 4) is 0 Å². The van der Waals surface area contributed by atoms with Crippen molar-refractivity contribution >= 4 is 0 Å². The van der Waals surface area contributed by atoms with Gasteiger partial charge in [0, 0.05) is 0 Å². The first-order valence-electron chi connectivity index (χ1n) is 2.97. The molecule has 0 aromatic rings. The lowest BCUT2D eigenvalue weighted by Crippen LogP contribution is -1.27. The summed E-state index contributed by atoms with van der Waals surface area (Å²) in [5.41, 5.74) is 1.42. The molecule has 0 atom stereocenters. The van der Waals surface area contributed by atoms with Crippen molar-refractivity contribution < 1.29 is 0 Å². The van der Waals surface area contributed by atoms with E-state index in [2.05, 4.69) is 20.4 Å². The van der Waals surface area contributed by atoms with Crippen molar-refractivity contribution in [2.45, 2.75) is 33.1 Å². The predicted molar refractivity (Wildman–Crippen MR) is 34.3 cm³/mol. The molecule has 0 aromatic heterocycles. The summed E-state index contributed by atoms with van der Waals surface area (Å²) >= 11 is 0. The number of rotatable bonds is 0. The van der Waals surface area contributed by atoms with Crippen LogP contribution in [-0.4, -0.2) is 0 Å². The Labute approximate surface area is 46.2 Å². The van der Waals surface area contributed by atoms with Crippen LogP contribution in [0, 0.1) is 0 Å². The van der Waals surface area contributed by atoms with Gasteiger partial charge in [-0.05, 0) is 12.8 Å². The smallest absolute Gasteiger partial charge is 0.0286 e. The Morgan fingerprint density at radius 3 is 1.57 bits per heavy atom. The molecule has 0 bridgehead atoms. The summed E-state index contributed by atoms with van der Waals surface area (Å²) in [7, 11) is 0. The Morgan fingerprint density at radius 2 is 1.57 bits per heavy atom. The van der Waals surface area contributed by atoms with Gasteiger partial charge in [-0.25, -0.2) is 0 Å². The molecule has 1 aliphatic carbocycles. The Morgan fingerprint density at radius 1 is 1.43 bits per heavy atom. The quantitative estimate of drug-likeness (QED) is 0.409. The summed E-state index contributed by atoms with van der Waals surface area (Å²) in [4.78, 5) is 0. The van der Waals surface area contributed by atoms with Crippen molar-refractivity contribution in [3.05, 3.63) is 12.2 Å². The zero-order valence-corrected chi connectivity index (χ0v) is 5.33. The highest BCUT2D eigenvalue weighted by molar-refractivity contribution is 5.09. The lowest BCUT2D eigenvalue weighted by atomic mass is 10.6. The molecule has 1 rings (SSSR count). The molecule has 1 saturated carbocycles. The van der Waals surface area contributed by atoms with Crippen molar-refractivity contribution in [1.82, 2.24) is 0 Å². The summed E-state index contributed by atoms with van der Waals surface area (Å²) in [6, 6.07) is 0. The molecule has 42 valence electrons. The molecule has 0 spiro atoms. The Hall–Kier alpha value is -0.260. The van der Waals surface area contributed by atoms with E-state index in [1.807, 2.05) is 0 Å². The van der Waals surface area contributed by atoms with Crippen LogP contribution in [0.15, 0.2) is 12.2 Å². The van der Waals surface area contributed by atoms with Crippen LogP contribution in [0.1, 0.15) is 33.1 Å². The van der Waals surface area contributed by atoms with Gasteiger partial charge in [0.2, 0.25) is 0 Å². The standard InChI is InChI=1S/C4H6.C3H8/c1-4-2-3-4;1-3-2/h1-3H2;3H2,1-2H3. The fourth-order valence-electron chi connectivity index (χ4n) is 0.0884. The summed E-state index contributed by atoms with van der Waals surface area (Å²) in [5, 5.41) is 0. The molecule has 0 heterocycles. The van der Waals surface area contributed by atoms with Gasteiger partial charge in [-0.2, -0.15) is 0 Å². The first-order valence-corrected chi connectivity index (χ1v) is 2.97. The molecule has 1 fully saturated rings. The Balaban J connectivity index is 0.000000110. The minimum Gasteiger partial charge on any atom is -0.0998 e. The first-order chi connectivity index (χ1) is 3.31. The SMILES string of the molecule is C=C1CC1.CCC. The maximum Gasteiger partial charge on any atom is -0.0286 e. The second-order valence-corrected chi connectivity index (χ2v) is 1.96. The maximum absolute atomic E-state index is 3.67. The van der Waals surface area contributed by atoms with Crippen LogP contribution in [0.2, 0.25) is 0 Å². The minimum absolute atomic E-state index is 1.25. The normalized spacial score (nSPS) is 14.9. The van der Waals surface area contributed by atoms with Gasteiger partial charge < -0.3 is 0 Å². The number of hydrogen-bond acceptors (Lipinski definition) is 0. The zero-order valence-electron chi connectivity index (χ0n) is 5.33. The van der Waals surface area contributed by atoms with Crippen LogP contribution in [0.25, 0.3) is 0 Å². The molecule has 0 nitrogen and oxygen atoms in total. The van der Waals surface area contributed by atoms with Crippen LogP contribution in [0.3, 0.4) is 0 Å². The fraction of sp³-hybridized carbons (Fsp3) is 0.714. The van der Waals surface area contributed by atoms with Crippen LogP contribution >= 0.6 is 0 Å². The molecule has 0 radical (unpaired) electrons. The maximum atomic E-state index is 3.67. The van der Waals surface area contributed by atoms with E-state index in [0.29, 0.717) is 0 Å². The van der Waals surface area contributed by atoms with Gasteiger partial charge in [-0.15, -0.1) is 0 Å². The Bertz CT molecular complexity index is 47.1.